The van der Waals surface area contributed by atoms with Crippen LogP contribution in [-0.4, -0.2) is 12.1 Å². The largest absolute Gasteiger partial charge is 0.497 e. The van der Waals surface area contributed by atoms with Crippen LogP contribution >= 0.6 is 0 Å². The van der Waals surface area contributed by atoms with E-state index in [0.29, 0.717) is 23.7 Å². The maximum absolute atomic E-state index is 13.6. The van der Waals surface area contributed by atoms with Gasteiger partial charge < -0.3 is 10.1 Å². The van der Waals surface area contributed by atoms with Crippen LogP contribution < -0.4 is 10.1 Å². The minimum Gasteiger partial charge on any atom is -0.497 e. The Morgan fingerprint density at radius 2 is 2.21 bits per heavy atom. The van der Waals surface area contributed by atoms with E-state index >= 15 is 0 Å². The van der Waals surface area contributed by atoms with Crippen LogP contribution in [0.3, 0.4) is 0 Å². The molecule has 0 aliphatic carbocycles. The molecule has 0 bridgehead atoms. The van der Waals surface area contributed by atoms with Gasteiger partial charge in [0, 0.05) is 18.8 Å². The lowest BCUT2D eigenvalue weighted by Gasteiger charge is -2.09. The highest BCUT2D eigenvalue weighted by Crippen LogP contribution is 2.21. The monoisotopic (exact) mass is 257 g/mol. The molecule has 2 rings (SSSR count). The molecule has 0 saturated carbocycles. The summed E-state index contributed by atoms with van der Waals surface area (Å²) in [5.74, 6) is 0.228. The molecule has 1 N–H and O–H groups in total. The van der Waals surface area contributed by atoms with Gasteiger partial charge in [-0.25, -0.2) is 9.37 Å². The molecule has 0 saturated heterocycles. The molecular formula is C14H12FN3O. The van der Waals surface area contributed by atoms with Crippen LogP contribution in [0.15, 0.2) is 36.5 Å². The third kappa shape index (κ3) is 3.19. The molecule has 0 unspecified atom stereocenters. The van der Waals surface area contributed by atoms with E-state index in [2.05, 4.69) is 10.3 Å². The molecule has 1 aromatic carbocycles. The summed E-state index contributed by atoms with van der Waals surface area (Å²) in [4.78, 5) is 3.87. The second-order valence-corrected chi connectivity index (χ2v) is 3.86. The lowest BCUT2D eigenvalue weighted by Crippen LogP contribution is -2.02. The van der Waals surface area contributed by atoms with Gasteiger partial charge in [-0.3, -0.25) is 0 Å². The fraction of sp³-hybridized carbons (Fsp3) is 0.143. The number of nitriles is 1. The number of nitrogens with zero attached hydrogens (tertiary/aromatic N) is 2. The number of nitrogens with one attached hydrogen (secondary N) is 1. The molecule has 1 heterocycles. The number of benzene rings is 1. The zero-order valence-electron chi connectivity index (χ0n) is 10.4. The van der Waals surface area contributed by atoms with Crippen molar-refractivity contribution < 1.29 is 9.13 Å². The van der Waals surface area contributed by atoms with Crippen molar-refractivity contribution in [2.45, 2.75) is 6.54 Å². The number of halogens is 1. The Kier molecular flexibility index (Phi) is 3.94. The number of methoxy groups -OCH3 is 1. The van der Waals surface area contributed by atoms with E-state index in [0.717, 1.165) is 5.56 Å². The van der Waals surface area contributed by atoms with E-state index in [1.54, 1.807) is 30.5 Å². The average Bonchev–Trinajstić information content (AvgIpc) is 2.46. The minimum atomic E-state index is -0.352. The molecule has 0 spiro atoms. The molecule has 4 nitrogen and oxygen atoms in total. The van der Waals surface area contributed by atoms with Gasteiger partial charge in [0.25, 0.3) is 0 Å². The highest BCUT2D eigenvalue weighted by Gasteiger charge is 2.04. The summed E-state index contributed by atoms with van der Waals surface area (Å²) >= 11 is 0. The second-order valence-electron chi connectivity index (χ2n) is 3.86. The van der Waals surface area contributed by atoms with Crippen LogP contribution in [0.2, 0.25) is 0 Å². The van der Waals surface area contributed by atoms with E-state index in [1.807, 2.05) is 6.07 Å². The van der Waals surface area contributed by atoms with Crippen molar-refractivity contribution in [1.82, 2.24) is 4.98 Å². The number of pyridine rings is 1. The summed E-state index contributed by atoms with van der Waals surface area (Å²) in [7, 11) is 1.53. The minimum absolute atomic E-state index is 0.338. The zero-order valence-corrected chi connectivity index (χ0v) is 10.4. The van der Waals surface area contributed by atoms with Gasteiger partial charge >= 0.3 is 0 Å². The number of anilines is 1. The number of hydrogen-bond acceptors (Lipinski definition) is 4. The third-order valence-corrected chi connectivity index (χ3v) is 2.60. The van der Waals surface area contributed by atoms with Crippen LogP contribution in [-0.2, 0) is 6.54 Å². The summed E-state index contributed by atoms with van der Waals surface area (Å²) in [6, 6.07) is 9.87. The topological polar surface area (TPSA) is 57.9 Å². The molecule has 0 amide bonds. The van der Waals surface area contributed by atoms with E-state index in [1.165, 1.54) is 13.2 Å². The first-order chi connectivity index (χ1) is 9.22. The van der Waals surface area contributed by atoms with Crippen molar-refractivity contribution >= 4 is 5.69 Å². The Morgan fingerprint density at radius 3 is 2.95 bits per heavy atom. The number of ether oxygens (including phenoxy) is 1. The van der Waals surface area contributed by atoms with Crippen molar-refractivity contribution in [1.29, 1.82) is 5.26 Å². The average molecular weight is 257 g/mol. The van der Waals surface area contributed by atoms with Crippen LogP contribution in [0.25, 0.3) is 0 Å². The molecular weight excluding hydrogens is 245 g/mol. The van der Waals surface area contributed by atoms with Gasteiger partial charge in [-0.1, -0.05) is 0 Å². The Morgan fingerprint density at radius 1 is 1.37 bits per heavy atom. The Bertz CT molecular complexity index is 622. The van der Waals surface area contributed by atoms with Crippen LogP contribution in [0.1, 0.15) is 11.3 Å². The van der Waals surface area contributed by atoms with E-state index in [4.69, 9.17) is 10.00 Å². The molecule has 0 aliphatic heterocycles. The van der Waals surface area contributed by atoms with Crippen molar-refractivity contribution in [2.75, 3.05) is 12.4 Å². The van der Waals surface area contributed by atoms with Gasteiger partial charge in [-0.05, 0) is 29.8 Å². The lowest BCUT2D eigenvalue weighted by molar-refractivity contribution is 0.414. The first kappa shape index (κ1) is 12.8. The summed E-state index contributed by atoms with van der Waals surface area (Å²) < 4.78 is 18.6. The summed E-state index contributed by atoms with van der Waals surface area (Å²) in [5, 5.41) is 11.7. The molecule has 0 fully saturated rings. The van der Waals surface area contributed by atoms with Crippen molar-refractivity contribution in [3.05, 3.63) is 53.6 Å². The van der Waals surface area contributed by atoms with Gasteiger partial charge in [-0.15, -0.1) is 0 Å². The predicted molar refractivity (Wildman–Crippen MR) is 69.2 cm³/mol. The maximum atomic E-state index is 13.6. The molecule has 0 atom stereocenters. The molecule has 2 aromatic rings. The van der Waals surface area contributed by atoms with Gasteiger partial charge in [0.2, 0.25) is 0 Å². The third-order valence-electron chi connectivity index (χ3n) is 2.60. The summed E-state index contributed by atoms with van der Waals surface area (Å²) in [6.45, 7) is 0.404. The highest BCUT2D eigenvalue weighted by atomic mass is 19.1. The van der Waals surface area contributed by atoms with Crippen molar-refractivity contribution in [3.63, 3.8) is 0 Å². The highest BCUT2D eigenvalue weighted by molar-refractivity contribution is 5.50. The van der Waals surface area contributed by atoms with E-state index < -0.39 is 0 Å². The van der Waals surface area contributed by atoms with Crippen LogP contribution in [0.4, 0.5) is 10.1 Å². The SMILES string of the molecule is COc1ccc(F)c(NCc2ccnc(C#N)c2)c1. The van der Waals surface area contributed by atoms with Gasteiger partial charge in [0.15, 0.2) is 0 Å². The number of rotatable bonds is 4. The quantitative estimate of drug-likeness (QED) is 0.914. The Labute approximate surface area is 110 Å². The summed E-state index contributed by atoms with van der Waals surface area (Å²) in [6.07, 6.45) is 1.55. The molecule has 19 heavy (non-hydrogen) atoms. The molecule has 0 aliphatic rings. The smallest absolute Gasteiger partial charge is 0.146 e. The van der Waals surface area contributed by atoms with Crippen molar-refractivity contribution in [2.24, 2.45) is 0 Å². The second kappa shape index (κ2) is 5.83. The number of hydrogen-bond donors (Lipinski definition) is 1. The van der Waals surface area contributed by atoms with E-state index in [-0.39, 0.29) is 5.82 Å². The molecule has 96 valence electrons. The first-order valence-electron chi connectivity index (χ1n) is 5.65. The normalized spacial score (nSPS) is 9.74. The molecule has 0 radical (unpaired) electrons. The molecule has 1 aromatic heterocycles. The Balaban J connectivity index is 2.12. The maximum Gasteiger partial charge on any atom is 0.146 e. The van der Waals surface area contributed by atoms with Crippen LogP contribution in [0, 0.1) is 17.1 Å². The fourth-order valence-electron chi connectivity index (χ4n) is 1.61. The van der Waals surface area contributed by atoms with Gasteiger partial charge in [0.1, 0.15) is 23.3 Å². The van der Waals surface area contributed by atoms with Gasteiger partial charge in [0.05, 0.1) is 12.8 Å². The number of aromatic nitrogens is 1. The molecule has 5 heteroatoms. The van der Waals surface area contributed by atoms with E-state index in [9.17, 15) is 4.39 Å². The first-order valence-corrected chi connectivity index (χ1v) is 5.65. The van der Waals surface area contributed by atoms with Gasteiger partial charge in [-0.2, -0.15) is 5.26 Å². The zero-order chi connectivity index (χ0) is 13.7. The lowest BCUT2D eigenvalue weighted by atomic mass is 10.2. The Hall–Kier alpha value is -2.61. The van der Waals surface area contributed by atoms with Crippen LogP contribution in [0.5, 0.6) is 5.75 Å². The predicted octanol–water partition coefficient (Wildman–Crippen LogP) is 2.71. The fourth-order valence-corrected chi connectivity index (χ4v) is 1.61. The standard InChI is InChI=1S/C14H12FN3O/c1-19-12-2-3-13(15)14(7-12)18-9-10-4-5-17-11(6-10)8-16/h2-7,18H,9H2,1H3. The summed E-state index contributed by atoms with van der Waals surface area (Å²) in [5.41, 5.74) is 1.55. The van der Waals surface area contributed by atoms with Crippen molar-refractivity contribution in [3.8, 4) is 11.8 Å².